The van der Waals surface area contributed by atoms with Gasteiger partial charge >= 0.3 is 5.97 Å². The molecule has 3 atom stereocenters. The van der Waals surface area contributed by atoms with Crippen LogP contribution >= 0.6 is 11.8 Å². The molecule has 0 spiro atoms. The van der Waals surface area contributed by atoms with Crippen LogP contribution < -0.4 is 9.47 Å². The molecule has 4 rings (SSSR count). The van der Waals surface area contributed by atoms with E-state index in [2.05, 4.69) is 6.92 Å². The Hall–Kier alpha value is -3.06. The van der Waals surface area contributed by atoms with E-state index in [4.69, 9.17) is 19.2 Å². The standard InChI is InChI=1S/C30H35NO5S/c1-6-37-14-13-36-30(33)27-19(3)31-23-15-21(20-11-12-25(34-4)26(17-20)35-5)16-24(32)29(23)28(27)22-10-8-7-9-18(22)2/h7-12,17,21,27-28H,6,13-16H2,1-5H3/t21-,27?,28-/m0/s1. The van der Waals surface area contributed by atoms with Crippen molar-refractivity contribution in [1.29, 1.82) is 0 Å². The van der Waals surface area contributed by atoms with Crippen LogP contribution in [0.15, 0.2) is 58.7 Å². The lowest BCUT2D eigenvalue weighted by molar-refractivity contribution is -0.145. The molecule has 1 aliphatic carbocycles. The lowest BCUT2D eigenvalue weighted by Crippen LogP contribution is -2.38. The molecule has 2 aromatic rings. The van der Waals surface area contributed by atoms with Gasteiger partial charge < -0.3 is 14.2 Å². The van der Waals surface area contributed by atoms with Crippen LogP contribution in [0.4, 0.5) is 0 Å². The zero-order valence-corrected chi connectivity index (χ0v) is 23.0. The SMILES string of the molecule is CCSCCOC(=O)C1C(C)=NC2=C(C(=O)C[C@@H](c3ccc(OC)c(OC)c3)C2)[C@H]1c1ccccc1C. The number of aliphatic imine (C=N–C) groups is 1. The molecule has 6 nitrogen and oxygen atoms in total. The highest BCUT2D eigenvalue weighted by atomic mass is 32.2. The fraction of sp³-hybridized carbons (Fsp3) is 0.433. The van der Waals surface area contributed by atoms with Crippen LogP contribution in [0.5, 0.6) is 11.5 Å². The summed E-state index contributed by atoms with van der Waals surface area (Å²) in [6.07, 6.45) is 0.964. The van der Waals surface area contributed by atoms with Crippen molar-refractivity contribution in [3.05, 3.63) is 70.4 Å². The van der Waals surface area contributed by atoms with E-state index in [-0.39, 0.29) is 17.7 Å². The number of carbonyl (C=O) groups is 2. The number of hydrogen-bond acceptors (Lipinski definition) is 7. The molecule has 1 aliphatic heterocycles. The molecule has 0 amide bonds. The molecule has 7 heteroatoms. The molecule has 0 bridgehead atoms. The summed E-state index contributed by atoms with van der Waals surface area (Å²) in [5, 5.41) is 0. The largest absolute Gasteiger partial charge is 0.493 e. The van der Waals surface area contributed by atoms with Crippen LogP contribution in [0.2, 0.25) is 0 Å². The number of nitrogens with zero attached hydrogens (tertiary/aromatic N) is 1. The number of esters is 1. The molecule has 37 heavy (non-hydrogen) atoms. The predicted molar refractivity (Wildman–Crippen MR) is 148 cm³/mol. The quantitative estimate of drug-likeness (QED) is 0.303. The monoisotopic (exact) mass is 521 g/mol. The molecule has 2 aromatic carbocycles. The van der Waals surface area contributed by atoms with Crippen molar-refractivity contribution < 1.29 is 23.8 Å². The van der Waals surface area contributed by atoms with E-state index in [1.807, 2.05) is 56.3 Å². The Bertz CT molecular complexity index is 1230. The van der Waals surface area contributed by atoms with Gasteiger partial charge in [-0.2, -0.15) is 11.8 Å². The van der Waals surface area contributed by atoms with Gasteiger partial charge in [0.1, 0.15) is 12.5 Å². The summed E-state index contributed by atoms with van der Waals surface area (Å²) in [6, 6.07) is 13.8. The lowest BCUT2D eigenvalue weighted by Gasteiger charge is -2.37. The highest BCUT2D eigenvalue weighted by Gasteiger charge is 2.45. The van der Waals surface area contributed by atoms with Crippen molar-refractivity contribution in [1.82, 2.24) is 0 Å². The second-order valence-corrected chi connectivity index (χ2v) is 10.8. The van der Waals surface area contributed by atoms with Gasteiger partial charge in [0.25, 0.3) is 0 Å². The molecule has 0 fully saturated rings. The van der Waals surface area contributed by atoms with Crippen LogP contribution in [0, 0.1) is 12.8 Å². The van der Waals surface area contributed by atoms with E-state index in [0.29, 0.717) is 42.2 Å². The van der Waals surface area contributed by atoms with Crippen LogP contribution in [0.1, 0.15) is 55.2 Å². The fourth-order valence-corrected chi connectivity index (χ4v) is 5.90. The Morgan fingerprint density at radius 1 is 1.05 bits per heavy atom. The molecule has 0 saturated heterocycles. The second kappa shape index (κ2) is 12.0. The molecule has 0 radical (unpaired) electrons. The van der Waals surface area contributed by atoms with Crippen molar-refractivity contribution in [2.75, 3.05) is 32.3 Å². The molecular formula is C30H35NO5S. The minimum absolute atomic E-state index is 0.0323. The number of methoxy groups -OCH3 is 2. The predicted octanol–water partition coefficient (Wildman–Crippen LogP) is 5.88. The normalized spacial score (nSPS) is 21.3. The second-order valence-electron chi connectivity index (χ2n) is 9.43. The number of ether oxygens (including phenoxy) is 3. The van der Waals surface area contributed by atoms with Crippen LogP contribution in [-0.4, -0.2) is 49.8 Å². The third-order valence-corrected chi connectivity index (χ3v) is 8.08. The molecule has 196 valence electrons. The van der Waals surface area contributed by atoms with Gasteiger partial charge in [-0.05, 0) is 60.8 Å². The number of benzene rings is 2. The van der Waals surface area contributed by atoms with E-state index in [9.17, 15) is 9.59 Å². The fourth-order valence-electron chi connectivity index (χ4n) is 5.41. The van der Waals surface area contributed by atoms with Crippen LogP contribution in [0.25, 0.3) is 0 Å². The smallest absolute Gasteiger partial charge is 0.315 e. The first kappa shape index (κ1) is 27.0. The Kier molecular flexibility index (Phi) is 8.75. The number of thioether (sulfide) groups is 1. The molecule has 0 aromatic heterocycles. The van der Waals surface area contributed by atoms with E-state index < -0.39 is 11.8 Å². The maximum absolute atomic E-state index is 13.8. The Labute approximate surface area is 223 Å². The van der Waals surface area contributed by atoms with Crippen molar-refractivity contribution in [2.24, 2.45) is 10.9 Å². The van der Waals surface area contributed by atoms with Crippen molar-refractivity contribution in [3.63, 3.8) is 0 Å². The third kappa shape index (κ3) is 5.61. The molecule has 0 N–H and O–H groups in total. The number of ketones is 1. The summed E-state index contributed by atoms with van der Waals surface area (Å²) in [7, 11) is 3.21. The van der Waals surface area contributed by atoms with Crippen molar-refractivity contribution in [2.45, 2.75) is 45.4 Å². The number of allylic oxidation sites excluding steroid dienone is 2. The van der Waals surface area contributed by atoms with Gasteiger partial charge in [-0.1, -0.05) is 37.3 Å². The highest BCUT2D eigenvalue weighted by Crippen LogP contribution is 2.48. The van der Waals surface area contributed by atoms with Crippen molar-refractivity contribution in [3.8, 4) is 11.5 Å². The summed E-state index contributed by atoms with van der Waals surface area (Å²) in [5.74, 6) is 1.67. The average Bonchev–Trinajstić information content (AvgIpc) is 2.90. The number of carbonyl (C=O) groups excluding carboxylic acids is 2. The highest BCUT2D eigenvalue weighted by molar-refractivity contribution is 7.99. The summed E-state index contributed by atoms with van der Waals surface area (Å²) in [6.45, 7) is 6.34. The third-order valence-electron chi connectivity index (χ3n) is 7.22. The number of hydrogen-bond donors (Lipinski definition) is 0. The molecule has 1 unspecified atom stereocenters. The van der Waals surface area contributed by atoms with Gasteiger partial charge in [0.2, 0.25) is 0 Å². The van der Waals surface area contributed by atoms with Crippen molar-refractivity contribution >= 4 is 29.2 Å². The first-order valence-electron chi connectivity index (χ1n) is 12.7. The van der Waals surface area contributed by atoms with Gasteiger partial charge in [-0.15, -0.1) is 0 Å². The molecular weight excluding hydrogens is 486 g/mol. The Balaban J connectivity index is 1.72. The Morgan fingerprint density at radius 2 is 1.81 bits per heavy atom. The topological polar surface area (TPSA) is 74.2 Å². The lowest BCUT2D eigenvalue weighted by atomic mass is 9.68. The van der Waals surface area contributed by atoms with E-state index in [1.54, 1.807) is 26.0 Å². The van der Waals surface area contributed by atoms with Gasteiger partial charge in [0.05, 0.1) is 14.2 Å². The first-order valence-corrected chi connectivity index (χ1v) is 13.9. The summed E-state index contributed by atoms with van der Waals surface area (Å²) in [4.78, 5) is 32.1. The van der Waals surface area contributed by atoms with Gasteiger partial charge in [-0.3, -0.25) is 14.6 Å². The summed E-state index contributed by atoms with van der Waals surface area (Å²) >= 11 is 1.73. The van der Waals surface area contributed by atoms with E-state index in [1.165, 1.54) is 0 Å². The molecule has 2 aliphatic rings. The maximum atomic E-state index is 13.8. The zero-order valence-electron chi connectivity index (χ0n) is 22.2. The zero-order chi connectivity index (χ0) is 26.5. The maximum Gasteiger partial charge on any atom is 0.315 e. The molecule has 0 saturated carbocycles. The number of Topliss-reactive ketones (excluding diaryl/α,β-unsaturated/α-hetero) is 1. The average molecular weight is 522 g/mol. The summed E-state index contributed by atoms with van der Waals surface area (Å²) in [5.41, 5.74) is 5.15. The minimum atomic E-state index is -0.618. The number of rotatable bonds is 9. The van der Waals surface area contributed by atoms with E-state index >= 15 is 0 Å². The van der Waals surface area contributed by atoms with Crippen LogP contribution in [0.3, 0.4) is 0 Å². The van der Waals surface area contributed by atoms with E-state index in [0.717, 1.165) is 33.9 Å². The van der Waals surface area contributed by atoms with Gasteiger partial charge in [-0.25, -0.2) is 0 Å². The molecule has 1 heterocycles. The number of aryl methyl sites for hydroxylation is 1. The summed E-state index contributed by atoms with van der Waals surface area (Å²) < 4.78 is 16.6. The Morgan fingerprint density at radius 3 is 2.51 bits per heavy atom. The van der Waals surface area contributed by atoms with Gasteiger partial charge in [0.15, 0.2) is 17.3 Å². The van der Waals surface area contributed by atoms with Crippen LogP contribution in [-0.2, 0) is 14.3 Å². The first-order chi connectivity index (χ1) is 17.9. The minimum Gasteiger partial charge on any atom is -0.493 e. The van der Waals surface area contributed by atoms with Gasteiger partial charge in [0, 0.05) is 35.1 Å².